The molecule has 2 aromatic rings. The van der Waals surface area contributed by atoms with Gasteiger partial charge in [-0.15, -0.1) is 0 Å². The van der Waals surface area contributed by atoms with E-state index in [0.29, 0.717) is 28.9 Å². The van der Waals surface area contributed by atoms with Crippen molar-refractivity contribution in [2.75, 3.05) is 11.4 Å². The lowest BCUT2D eigenvalue weighted by Crippen LogP contribution is -2.69. The molecule has 7 nitrogen and oxygen atoms in total. The van der Waals surface area contributed by atoms with Crippen LogP contribution in [0.25, 0.3) is 0 Å². The number of fused-ring (bicyclic) bond motifs is 3. The normalized spacial score (nSPS) is 19.8. The van der Waals surface area contributed by atoms with Crippen molar-refractivity contribution in [1.29, 1.82) is 5.26 Å². The van der Waals surface area contributed by atoms with Crippen LogP contribution in [0.15, 0.2) is 48.5 Å². The zero-order chi connectivity index (χ0) is 22.2. The number of nitriles is 1. The molecular formula is C24H23N3O4. The molecule has 1 fully saturated rings. The molecule has 0 saturated carbocycles. The predicted molar refractivity (Wildman–Crippen MR) is 113 cm³/mol. The van der Waals surface area contributed by atoms with E-state index < -0.39 is 11.6 Å². The summed E-state index contributed by atoms with van der Waals surface area (Å²) in [6.07, 6.45) is 0.303. The monoisotopic (exact) mass is 417 g/mol. The summed E-state index contributed by atoms with van der Waals surface area (Å²) in [5.74, 6) is -1.09. The predicted octanol–water partition coefficient (Wildman–Crippen LogP) is 3.24. The Labute approximate surface area is 180 Å². The molecule has 0 aromatic heterocycles. The number of para-hydroxylation sites is 1. The van der Waals surface area contributed by atoms with Gasteiger partial charge < -0.3 is 9.64 Å². The molecule has 0 bridgehead atoms. The van der Waals surface area contributed by atoms with Crippen LogP contribution in [0.1, 0.15) is 48.2 Å². The second-order valence-corrected chi connectivity index (χ2v) is 8.22. The van der Waals surface area contributed by atoms with Crippen LogP contribution in [-0.2, 0) is 20.9 Å². The first kappa shape index (κ1) is 20.6. The van der Waals surface area contributed by atoms with E-state index in [9.17, 15) is 19.6 Å². The van der Waals surface area contributed by atoms with Crippen LogP contribution in [-0.4, -0.2) is 34.9 Å². The summed E-state index contributed by atoms with van der Waals surface area (Å²) in [5, 5.41) is 9.30. The first-order chi connectivity index (χ1) is 14.9. The van der Waals surface area contributed by atoms with E-state index in [2.05, 4.69) is 6.07 Å². The molecule has 1 atom stereocenters. The maximum Gasteiger partial charge on any atom is 0.354 e. The average Bonchev–Trinajstić information content (AvgIpc) is 3.13. The summed E-state index contributed by atoms with van der Waals surface area (Å²) in [7, 11) is 0. The number of carbonyl (C=O) groups excluding carboxylic acids is 3. The van der Waals surface area contributed by atoms with E-state index in [4.69, 9.17) is 4.74 Å². The molecule has 2 aliphatic heterocycles. The zero-order valence-electron chi connectivity index (χ0n) is 17.5. The molecule has 2 aromatic carbocycles. The van der Waals surface area contributed by atoms with Gasteiger partial charge >= 0.3 is 5.97 Å². The van der Waals surface area contributed by atoms with E-state index in [-0.39, 0.29) is 37.2 Å². The Kier molecular flexibility index (Phi) is 5.24. The fourth-order valence-corrected chi connectivity index (χ4v) is 4.38. The Morgan fingerprint density at radius 2 is 1.87 bits per heavy atom. The standard InChI is InChI=1S/C24H23N3O4/c1-16(2)14-26-22(29)19-9-5-6-10-20(19)27-21(28)11-12-24(26,27)23(30)31-15-18-8-4-3-7-17(18)13-25/h3-10,16H,11-12,14-15H2,1-2H3. The molecule has 1 unspecified atom stereocenters. The number of amides is 2. The Hall–Kier alpha value is -3.66. The Morgan fingerprint density at radius 3 is 2.61 bits per heavy atom. The van der Waals surface area contributed by atoms with Crippen LogP contribution in [0.3, 0.4) is 0 Å². The SMILES string of the molecule is CC(C)CN1C(=O)c2ccccc2N2C(=O)CCC12C(=O)OCc1ccccc1C#N. The highest BCUT2D eigenvalue weighted by atomic mass is 16.5. The van der Waals surface area contributed by atoms with E-state index in [1.54, 1.807) is 48.5 Å². The number of nitrogens with zero attached hydrogens (tertiary/aromatic N) is 3. The lowest BCUT2D eigenvalue weighted by atomic mass is 9.95. The van der Waals surface area contributed by atoms with Crippen LogP contribution in [0.4, 0.5) is 5.69 Å². The molecule has 0 radical (unpaired) electrons. The molecule has 4 rings (SSSR count). The smallest absolute Gasteiger partial charge is 0.354 e. The molecule has 2 amide bonds. The molecule has 7 heteroatoms. The van der Waals surface area contributed by atoms with Gasteiger partial charge in [0, 0.05) is 24.9 Å². The van der Waals surface area contributed by atoms with E-state index in [1.807, 2.05) is 13.8 Å². The first-order valence-corrected chi connectivity index (χ1v) is 10.3. The molecule has 31 heavy (non-hydrogen) atoms. The molecule has 0 N–H and O–H groups in total. The zero-order valence-corrected chi connectivity index (χ0v) is 17.5. The van der Waals surface area contributed by atoms with Gasteiger partial charge in [-0.25, -0.2) is 4.79 Å². The minimum Gasteiger partial charge on any atom is -0.458 e. The third-order valence-corrected chi connectivity index (χ3v) is 5.75. The molecule has 1 saturated heterocycles. The summed E-state index contributed by atoms with van der Waals surface area (Å²) >= 11 is 0. The molecule has 2 aliphatic rings. The minimum atomic E-state index is -1.52. The van der Waals surface area contributed by atoms with Crippen molar-refractivity contribution in [2.45, 2.75) is 39.0 Å². The van der Waals surface area contributed by atoms with E-state index in [0.717, 1.165) is 0 Å². The van der Waals surface area contributed by atoms with Crippen molar-refractivity contribution >= 4 is 23.5 Å². The average molecular weight is 417 g/mol. The first-order valence-electron chi connectivity index (χ1n) is 10.3. The Bertz CT molecular complexity index is 1100. The lowest BCUT2D eigenvalue weighted by Gasteiger charge is -2.48. The summed E-state index contributed by atoms with van der Waals surface area (Å²) in [6.45, 7) is 4.10. The summed E-state index contributed by atoms with van der Waals surface area (Å²) in [4.78, 5) is 42.9. The Morgan fingerprint density at radius 1 is 1.16 bits per heavy atom. The third kappa shape index (κ3) is 3.25. The van der Waals surface area contributed by atoms with Crippen molar-refractivity contribution in [2.24, 2.45) is 5.92 Å². The maximum absolute atomic E-state index is 13.6. The van der Waals surface area contributed by atoms with Crippen LogP contribution >= 0.6 is 0 Å². The Balaban J connectivity index is 1.76. The minimum absolute atomic E-state index is 0.0794. The van der Waals surface area contributed by atoms with Crippen LogP contribution in [0.5, 0.6) is 0 Å². The second-order valence-electron chi connectivity index (χ2n) is 8.22. The highest BCUT2D eigenvalue weighted by molar-refractivity contribution is 6.15. The fourth-order valence-electron chi connectivity index (χ4n) is 4.38. The maximum atomic E-state index is 13.6. The van der Waals surface area contributed by atoms with Gasteiger partial charge in [0.05, 0.1) is 22.9 Å². The molecule has 0 spiro atoms. The highest BCUT2D eigenvalue weighted by Gasteiger charge is 2.61. The third-order valence-electron chi connectivity index (χ3n) is 5.75. The number of rotatable bonds is 5. The van der Waals surface area contributed by atoms with Crippen LogP contribution in [0.2, 0.25) is 0 Å². The summed E-state index contributed by atoms with van der Waals surface area (Å²) in [6, 6.07) is 15.8. The molecular weight excluding hydrogens is 394 g/mol. The molecule has 2 heterocycles. The quantitative estimate of drug-likeness (QED) is 0.697. The van der Waals surface area contributed by atoms with Gasteiger partial charge in [-0.3, -0.25) is 14.5 Å². The number of esters is 1. The summed E-state index contributed by atoms with van der Waals surface area (Å²) in [5.41, 5.74) is 0.301. The van der Waals surface area contributed by atoms with Gasteiger partial charge in [-0.2, -0.15) is 5.26 Å². The van der Waals surface area contributed by atoms with Crippen molar-refractivity contribution < 1.29 is 19.1 Å². The van der Waals surface area contributed by atoms with E-state index in [1.165, 1.54) is 9.80 Å². The van der Waals surface area contributed by atoms with Gasteiger partial charge in [-0.05, 0) is 24.1 Å². The summed E-state index contributed by atoms with van der Waals surface area (Å²) < 4.78 is 5.66. The number of carbonyl (C=O) groups is 3. The number of hydrogen-bond donors (Lipinski definition) is 0. The second kappa shape index (κ2) is 7.88. The van der Waals surface area contributed by atoms with Gasteiger partial charge in [0.1, 0.15) is 6.61 Å². The van der Waals surface area contributed by atoms with Gasteiger partial charge in [-0.1, -0.05) is 44.2 Å². The number of anilines is 1. The molecule has 158 valence electrons. The van der Waals surface area contributed by atoms with Crippen LogP contribution < -0.4 is 4.90 Å². The number of hydrogen-bond acceptors (Lipinski definition) is 5. The van der Waals surface area contributed by atoms with Gasteiger partial charge in [0.15, 0.2) is 0 Å². The van der Waals surface area contributed by atoms with Gasteiger partial charge in [0.25, 0.3) is 5.91 Å². The van der Waals surface area contributed by atoms with Gasteiger partial charge in [0.2, 0.25) is 11.6 Å². The van der Waals surface area contributed by atoms with Crippen molar-refractivity contribution in [3.05, 3.63) is 65.2 Å². The van der Waals surface area contributed by atoms with Crippen molar-refractivity contribution in [3.8, 4) is 6.07 Å². The van der Waals surface area contributed by atoms with E-state index >= 15 is 0 Å². The van der Waals surface area contributed by atoms with Crippen molar-refractivity contribution in [1.82, 2.24) is 4.90 Å². The van der Waals surface area contributed by atoms with Crippen molar-refractivity contribution in [3.63, 3.8) is 0 Å². The largest absolute Gasteiger partial charge is 0.458 e. The van der Waals surface area contributed by atoms with Crippen LogP contribution in [0, 0.1) is 17.2 Å². The topological polar surface area (TPSA) is 90.7 Å². The molecule has 0 aliphatic carbocycles. The highest BCUT2D eigenvalue weighted by Crippen LogP contribution is 2.45. The number of ether oxygens (including phenoxy) is 1. The lowest BCUT2D eigenvalue weighted by molar-refractivity contribution is -0.159. The fraction of sp³-hybridized carbons (Fsp3) is 0.333. The number of benzene rings is 2.